The highest BCUT2D eigenvalue weighted by molar-refractivity contribution is 6.04. The molecule has 0 saturated carbocycles. The van der Waals surface area contributed by atoms with Crippen LogP contribution < -0.4 is 4.90 Å². The number of nitrogens with zero attached hydrogens (tertiary/aromatic N) is 7. The molecule has 0 spiro atoms. The van der Waals surface area contributed by atoms with Crippen molar-refractivity contribution in [3.05, 3.63) is 47.9 Å². The van der Waals surface area contributed by atoms with Crippen LogP contribution in [0.15, 0.2) is 36.7 Å². The maximum Gasteiger partial charge on any atom is 0.324 e. The van der Waals surface area contributed by atoms with Gasteiger partial charge in [0.15, 0.2) is 0 Å². The minimum absolute atomic E-state index is 0.116. The lowest BCUT2D eigenvalue weighted by Gasteiger charge is -2.43. The second-order valence-electron chi connectivity index (χ2n) is 9.83. The summed E-state index contributed by atoms with van der Waals surface area (Å²) in [7, 11) is 1.77. The third kappa shape index (κ3) is 4.12. The van der Waals surface area contributed by atoms with Crippen molar-refractivity contribution >= 4 is 28.7 Å². The van der Waals surface area contributed by atoms with E-state index in [0.717, 1.165) is 16.8 Å². The predicted molar refractivity (Wildman–Crippen MR) is 133 cm³/mol. The molecule has 1 fully saturated rings. The van der Waals surface area contributed by atoms with Gasteiger partial charge in [0.2, 0.25) is 0 Å². The lowest BCUT2D eigenvalue weighted by Crippen LogP contribution is -2.56. The highest BCUT2D eigenvalue weighted by Crippen LogP contribution is 2.38. The molecule has 0 unspecified atom stereocenters. The van der Waals surface area contributed by atoms with Crippen LogP contribution in [0.1, 0.15) is 37.9 Å². The number of aromatic nitrogens is 3. The average molecular weight is 486 g/mol. The number of pyridine rings is 3. The van der Waals surface area contributed by atoms with Crippen LogP contribution in [0, 0.1) is 11.3 Å². The van der Waals surface area contributed by atoms with E-state index in [4.69, 9.17) is 10.2 Å². The number of hydrogen-bond donors (Lipinski definition) is 1. The average Bonchev–Trinajstić information content (AvgIpc) is 2.88. The van der Waals surface area contributed by atoms with Crippen molar-refractivity contribution in [2.45, 2.75) is 44.9 Å². The number of aliphatic hydroxyl groups is 1. The number of amides is 3. The first-order chi connectivity index (χ1) is 17.2. The van der Waals surface area contributed by atoms with Gasteiger partial charge in [-0.2, -0.15) is 5.26 Å². The summed E-state index contributed by atoms with van der Waals surface area (Å²) in [5, 5.41) is 19.2. The molecular formula is C26H27N7O3. The lowest BCUT2D eigenvalue weighted by molar-refractivity contribution is -0.148. The highest BCUT2D eigenvalue weighted by atomic mass is 16.3. The Bertz CT molecular complexity index is 1380. The van der Waals surface area contributed by atoms with E-state index in [1.165, 1.54) is 13.8 Å². The van der Waals surface area contributed by atoms with E-state index in [0.29, 0.717) is 54.9 Å². The van der Waals surface area contributed by atoms with Crippen LogP contribution in [0.3, 0.4) is 0 Å². The molecule has 3 aromatic heterocycles. The molecule has 0 aliphatic carbocycles. The molecule has 10 nitrogen and oxygen atoms in total. The summed E-state index contributed by atoms with van der Waals surface area (Å²) < 4.78 is 0. The van der Waals surface area contributed by atoms with Crippen LogP contribution in [0.25, 0.3) is 22.3 Å². The quantitative estimate of drug-likeness (QED) is 0.604. The zero-order valence-corrected chi connectivity index (χ0v) is 20.5. The molecular weight excluding hydrogens is 458 g/mol. The van der Waals surface area contributed by atoms with E-state index < -0.39 is 5.60 Å². The van der Waals surface area contributed by atoms with Crippen molar-refractivity contribution < 1.29 is 14.7 Å². The SMILES string of the molecule is CN1Cc2cnc3ccc(-c4ccc(C#N)nc4)nc3c2N(C2CCN(C(=O)C(C)(C)O)CC2)C1=O. The maximum atomic E-state index is 13.5. The van der Waals surface area contributed by atoms with Gasteiger partial charge in [-0.1, -0.05) is 0 Å². The zero-order valence-electron chi connectivity index (χ0n) is 20.5. The Kier molecular flexibility index (Phi) is 5.80. The Labute approximate surface area is 208 Å². The largest absolute Gasteiger partial charge is 0.381 e. The van der Waals surface area contributed by atoms with Gasteiger partial charge < -0.3 is 14.9 Å². The second kappa shape index (κ2) is 8.84. The van der Waals surface area contributed by atoms with Crippen LogP contribution in [0.5, 0.6) is 0 Å². The van der Waals surface area contributed by atoms with E-state index in [2.05, 4.69) is 9.97 Å². The van der Waals surface area contributed by atoms with Crippen molar-refractivity contribution in [3.63, 3.8) is 0 Å². The number of piperidine rings is 1. The van der Waals surface area contributed by atoms with Crippen LogP contribution in [-0.4, -0.2) is 73.6 Å². The Balaban J connectivity index is 1.54. The molecule has 3 aromatic rings. The monoisotopic (exact) mass is 485 g/mol. The number of fused-ring (bicyclic) bond motifs is 3. The molecule has 0 radical (unpaired) electrons. The smallest absolute Gasteiger partial charge is 0.324 e. The second-order valence-corrected chi connectivity index (χ2v) is 9.83. The van der Waals surface area contributed by atoms with E-state index in [9.17, 15) is 14.7 Å². The van der Waals surface area contributed by atoms with Crippen LogP contribution in [-0.2, 0) is 11.3 Å². The number of hydrogen-bond acceptors (Lipinski definition) is 7. The van der Waals surface area contributed by atoms with Crippen LogP contribution in [0.2, 0.25) is 0 Å². The Morgan fingerprint density at radius 1 is 1.14 bits per heavy atom. The zero-order chi connectivity index (χ0) is 25.6. The van der Waals surface area contributed by atoms with Gasteiger partial charge in [0.05, 0.1) is 23.4 Å². The standard InChI is InChI=1S/C26H27N7O3/c1-26(2,36)24(34)32-10-8-19(9-11-32)33-23-17(15-31(3)25(33)35)14-29-21-7-6-20(30-22(21)23)16-4-5-18(12-27)28-13-16/h4-7,13-14,19,36H,8-11,15H2,1-3H3. The third-order valence-corrected chi connectivity index (χ3v) is 6.76. The molecule has 36 heavy (non-hydrogen) atoms. The van der Waals surface area contributed by atoms with Gasteiger partial charge in [0.1, 0.15) is 22.9 Å². The topological polar surface area (TPSA) is 127 Å². The molecule has 2 aliphatic heterocycles. The number of rotatable bonds is 3. The minimum atomic E-state index is -1.43. The first-order valence-corrected chi connectivity index (χ1v) is 11.9. The van der Waals surface area contributed by atoms with Crippen molar-refractivity contribution in [3.8, 4) is 17.3 Å². The molecule has 0 atom stereocenters. The molecule has 10 heteroatoms. The summed E-state index contributed by atoms with van der Waals surface area (Å²) in [5.41, 5.74) is 3.29. The Hall–Kier alpha value is -4.10. The minimum Gasteiger partial charge on any atom is -0.381 e. The van der Waals surface area contributed by atoms with E-state index >= 15 is 0 Å². The predicted octanol–water partition coefficient (Wildman–Crippen LogP) is 2.70. The van der Waals surface area contributed by atoms with Gasteiger partial charge in [-0.15, -0.1) is 0 Å². The normalized spacial score (nSPS) is 16.8. The fourth-order valence-electron chi connectivity index (χ4n) is 4.90. The summed E-state index contributed by atoms with van der Waals surface area (Å²) in [6.07, 6.45) is 4.58. The summed E-state index contributed by atoms with van der Waals surface area (Å²) in [4.78, 5) is 44.8. The van der Waals surface area contributed by atoms with Crippen molar-refractivity contribution in [1.29, 1.82) is 5.26 Å². The van der Waals surface area contributed by atoms with Gasteiger partial charge in [0, 0.05) is 49.7 Å². The molecule has 5 heterocycles. The highest BCUT2D eigenvalue weighted by Gasteiger charge is 2.39. The van der Waals surface area contributed by atoms with Gasteiger partial charge in [-0.3, -0.25) is 14.7 Å². The number of nitriles is 1. The summed E-state index contributed by atoms with van der Waals surface area (Å²) in [5.74, 6) is -0.305. The van der Waals surface area contributed by atoms with Gasteiger partial charge >= 0.3 is 6.03 Å². The lowest BCUT2D eigenvalue weighted by atomic mass is 9.98. The molecule has 1 saturated heterocycles. The Morgan fingerprint density at radius 3 is 2.53 bits per heavy atom. The molecule has 0 bridgehead atoms. The number of anilines is 1. The summed E-state index contributed by atoms with van der Waals surface area (Å²) >= 11 is 0. The first kappa shape index (κ1) is 23.6. The van der Waals surface area contributed by atoms with E-state index in [-0.39, 0.29) is 18.0 Å². The Morgan fingerprint density at radius 2 is 1.89 bits per heavy atom. The summed E-state index contributed by atoms with van der Waals surface area (Å²) in [6, 6.07) is 8.95. The molecule has 2 aliphatic rings. The van der Waals surface area contributed by atoms with Crippen LogP contribution in [0.4, 0.5) is 10.5 Å². The third-order valence-electron chi connectivity index (χ3n) is 6.76. The fraction of sp³-hybridized carbons (Fsp3) is 0.385. The molecule has 1 N–H and O–H groups in total. The first-order valence-electron chi connectivity index (χ1n) is 11.9. The van der Waals surface area contributed by atoms with Crippen molar-refractivity contribution in [1.82, 2.24) is 24.8 Å². The fourth-order valence-corrected chi connectivity index (χ4v) is 4.90. The number of carbonyl (C=O) groups excluding carboxylic acids is 2. The maximum absolute atomic E-state index is 13.5. The molecule has 0 aromatic carbocycles. The van der Waals surface area contributed by atoms with Crippen LogP contribution >= 0.6 is 0 Å². The number of urea groups is 1. The van der Waals surface area contributed by atoms with E-state index in [1.54, 1.807) is 41.4 Å². The van der Waals surface area contributed by atoms with Gasteiger partial charge in [0.25, 0.3) is 5.91 Å². The molecule has 5 rings (SSSR count). The van der Waals surface area contributed by atoms with E-state index in [1.807, 2.05) is 23.1 Å². The molecule has 184 valence electrons. The van der Waals surface area contributed by atoms with Gasteiger partial charge in [-0.05, 0) is 51.0 Å². The van der Waals surface area contributed by atoms with Gasteiger partial charge in [-0.25, -0.2) is 14.8 Å². The summed E-state index contributed by atoms with van der Waals surface area (Å²) in [6.45, 7) is 4.32. The molecule has 3 amide bonds. The van der Waals surface area contributed by atoms with Crippen molar-refractivity contribution in [2.75, 3.05) is 25.0 Å². The number of likely N-dealkylation sites (tertiary alicyclic amines) is 1. The van der Waals surface area contributed by atoms with Crippen molar-refractivity contribution in [2.24, 2.45) is 0 Å². The number of carbonyl (C=O) groups is 2.